The summed E-state index contributed by atoms with van der Waals surface area (Å²) in [5, 5.41) is 4.14. The van der Waals surface area contributed by atoms with E-state index in [0.717, 1.165) is 46.5 Å². The lowest BCUT2D eigenvalue weighted by Crippen LogP contribution is -2.36. The van der Waals surface area contributed by atoms with Crippen molar-refractivity contribution in [1.29, 1.82) is 0 Å². The number of para-hydroxylation sites is 2. The molecule has 0 saturated carbocycles. The van der Waals surface area contributed by atoms with Gasteiger partial charge >= 0.3 is 0 Å². The molecule has 5 rings (SSSR count). The molecule has 0 radical (unpaired) electrons. The highest BCUT2D eigenvalue weighted by atomic mass is 16.6. The number of hydrogen-bond donors (Lipinski definition) is 1. The Bertz CT molecular complexity index is 1250. The number of aryl methyl sites for hydroxylation is 1. The lowest BCUT2D eigenvalue weighted by Gasteiger charge is -2.24. The van der Waals surface area contributed by atoms with Crippen molar-refractivity contribution in [1.82, 2.24) is 14.9 Å². The lowest BCUT2D eigenvalue weighted by atomic mass is 10.0. The molecule has 1 N–H and O–H groups in total. The van der Waals surface area contributed by atoms with Crippen molar-refractivity contribution in [2.24, 2.45) is 5.16 Å². The molecule has 1 fully saturated rings. The zero-order valence-electron chi connectivity index (χ0n) is 18.6. The van der Waals surface area contributed by atoms with Gasteiger partial charge in [-0.25, -0.2) is 4.98 Å². The number of hydrogen-bond acceptors (Lipinski definition) is 4. The summed E-state index contributed by atoms with van der Waals surface area (Å²) >= 11 is 0. The largest absolute Gasteiger partial charge is 0.399 e. The van der Waals surface area contributed by atoms with Crippen LogP contribution in [0.15, 0.2) is 84.0 Å². The highest BCUT2D eigenvalue weighted by molar-refractivity contribution is 6.00. The number of fused-ring (bicyclic) bond motifs is 1. The summed E-state index contributed by atoms with van der Waals surface area (Å²) in [6.45, 7) is 0.484. The lowest BCUT2D eigenvalue weighted by molar-refractivity contribution is 0.0734. The van der Waals surface area contributed by atoms with E-state index in [1.807, 2.05) is 71.6 Å². The molecule has 1 atom stereocenters. The second-order valence-corrected chi connectivity index (χ2v) is 8.31. The molecule has 0 spiro atoms. The molecule has 1 aliphatic heterocycles. The fourth-order valence-electron chi connectivity index (χ4n) is 4.49. The van der Waals surface area contributed by atoms with Crippen LogP contribution in [-0.4, -0.2) is 46.2 Å². The number of H-pyrrole nitrogens is 1. The van der Waals surface area contributed by atoms with E-state index in [9.17, 15) is 4.79 Å². The third-order valence-electron chi connectivity index (χ3n) is 6.14. The van der Waals surface area contributed by atoms with Gasteiger partial charge in [0.25, 0.3) is 5.91 Å². The minimum absolute atomic E-state index is 0.0190. The van der Waals surface area contributed by atoms with Crippen LogP contribution in [0.3, 0.4) is 0 Å². The summed E-state index contributed by atoms with van der Waals surface area (Å²) in [5.41, 5.74) is 5.80. The average molecular weight is 439 g/mol. The second kappa shape index (κ2) is 9.28. The summed E-state index contributed by atoms with van der Waals surface area (Å²) < 4.78 is 0. The molecule has 1 amide bonds. The van der Waals surface area contributed by atoms with Gasteiger partial charge in [0.15, 0.2) is 0 Å². The molecule has 0 aliphatic carbocycles. The molecular formula is C27H26N4O2. The first kappa shape index (κ1) is 20.9. The Labute approximate surface area is 192 Å². The predicted octanol–water partition coefficient (Wildman–Crippen LogP) is 5.08. The SMILES string of the molecule is CON=C1C[C@@H](CCc2nc3ccccc3[nH]2)N(C(=O)c2ccc(-c3ccccc3)cc2)C1. The van der Waals surface area contributed by atoms with E-state index in [-0.39, 0.29) is 11.9 Å². The number of likely N-dealkylation sites (tertiary alicyclic amines) is 1. The summed E-state index contributed by atoms with van der Waals surface area (Å²) in [4.78, 5) is 28.4. The van der Waals surface area contributed by atoms with Crippen molar-refractivity contribution in [3.63, 3.8) is 0 Å². The molecule has 1 saturated heterocycles. The Morgan fingerprint density at radius 2 is 1.76 bits per heavy atom. The first-order valence-corrected chi connectivity index (χ1v) is 11.2. The van der Waals surface area contributed by atoms with Gasteiger partial charge in [0.2, 0.25) is 0 Å². The van der Waals surface area contributed by atoms with E-state index >= 15 is 0 Å². The van der Waals surface area contributed by atoms with Crippen LogP contribution in [0.1, 0.15) is 29.0 Å². The molecule has 0 unspecified atom stereocenters. The Morgan fingerprint density at radius 3 is 2.52 bits per heavy atom. The van der Waals surface area contributed by atoms with Crippen LogP contribution in [0.25, 0.3) is 22.2 Å². The number of nitrogens with zero attached hydrogens (tertiary/aromatic N) is 3. The summed E-state index contributed by atoms with van der Waals surface area (Å²) in [5.74, 6) is 0.957. The molecule has 6 nitrogen and oxygen atoms in total. The van der Waals surface area contributed by atoms with Gasteiger partial charge in [0.1, 0.15) is 12.9 Å². The standard InChI is InChI=1S/C27H26N4O2/c1-33-30-22-17-23(15-16-26-28-24-9-5-6-10-25(24)29-26)31(18-22)27(32)21-13-11-20(12-14-21)19-7-3-2-4-8-19/h2-14,23H,15-18H2,1H3,(H,28,29)/t23-/m1/s1. The fraction of sp³-hybridized carbons (Fsp3) is 0.222. The number of carbonyl (C=O) groups is 1. The number of aromatic nitrogens is 2. The number of rotatable bonds is 6. The van der Waals surface area contributed by atoms with E-state index in [1.165, 1.54) is 0 Å². The third-order valence-corrected chi connectivity index (χ3v) is 6.14. The van der Waals surface area contributed by atoms with Crippen molar-refractivity contribution in [2.75, 3.05) is 13.7 Å². The number of oxime groups is 1. The van der Waals surface area contributed by atoms with Gasteiger partial charge in [0, 0.05) is 24.4 Å². The van der Waals surface area contributed by atoms with Crippen LogP contribution in [0.4, 0.5) is 0 Å². The monoisotopic (exact) mass is 438 g/mol. The topological polar surface area (TPSA) is 70.6 Å². The van der Waals surface area contributed by atoms with Crippen molar-refractivity contribution in [3.8, 4) is 11.1 Å². The van der Waals surface area contributed by atoms with Crippen molar-refractivity contribution < 1.29 is 9.63 Å². The quantitative estimate of drug-likeness (QED) is 0.427. The van der Waals surface area contributed by atoms with Crippen LogP contribution < -0.4 is 0 Å². The van der Waals surface area contributed by atoms with Crippen LogP contribution >= 0.6 is 0 Å². The molecule has 4 aromatic rings. The van der Waals surface area contributed by atoms with Crippen LogP contribution in [0, 0.1) is 0 Å². The predicted molar refractivity (Wildman–Crippen MR) is 130 cm³/mol. The van der Waals surface area contributed by atoms with Gasteiger partial charge in [-0.1, -0.05) is 59.8 Å². The van der Waals surface area contributed by atoms with Gasteiger partial charge in [-0.15, -0.1) is 0 Å². The number of amides is 1. The smallest absolute Gasteiger partial charge is 0.254 e. The van der Waals surface area contributed by atoms with E-state index < -0.39 is 0 Å². The normalized spacial score (nSPS) is 17.1. The number of nitrogens with one attached hydrogen (secondary N) is 1. The Kier molecular flexibility index (Phi) is 5.89. The van der Waals surface area contributed by atoms with Crippen molar-refractivity contribution in [3.05, 3.63) is 90.3 Å². The van der Waals surface area contributed by atoms with E-state index in [1.54, 1.807) is 7.11 Å². The summed E-state index contributed by atoms with van der Waals surface area (Å²) in [6.07, 6.45) is 2.27. The van der Waals surface area contributed by atoms with Crippen molar-refractivity contribution >= 4 is 22.7 Å². The highest BCUT2D eigenvalue weighted by Crippen LogP contribution is 2.25. The van der Waals surface area contributed by atoms with E-state index in [2.05, 4.69) is 27.3 Å². The molecule has 166 valence electrons. The molecule has 6 heteroatoms. The van der Waals surface area contributed by atoms with Crippen molar-refractivity contribution in [2.45, 2.75) is 25.3 Å². The van der Waals surface area contributed by atoms with Gasteiger partial charge < -0.3 is 14.7 Å². The van der Waals surface area contributed by atoms with Crippen LogP contribution in [0.5, 0.6) is 0 Å². The van der Waals surface area contributed by atoms with E-state index in [0.29, 0.717) is 18.5 Å². The Balaban J connectivity index is 1.32. The molecule has 1 aromatic heterocycles. The highest BCUT2D eigenvalue weighted by Gasteiger charge is 2.33. The third kappa shape index (κ3) is 4.51. The van der Waals surface area contributed by atoms with Gasteiger partial charge in [-0.05, 0) is 41.8 Å². The van der Waals surface area contributed by atoms with Gasteiger partial charge in [-0.3, -0.25) is 4.79 Å². The van der Waals surface area contributed by atoms with E-state index in [4.69, 9.17) is 4.84 Å². The molecular weight excluding hydrogens is 412 g/mol. The maximum atomic E-state index is 13.4. The Morgan fingerprint density at radius 1 is 1.03 bits per heavy atom. The maximum absolute atomic E-state index is 13.4. The van der Waals surface area contributed by atoms with Crippen LogP contribution in [-0.2, 0) is 11.3 Å². The zero-order valence-corrected chi connectivity index (χ0v) is 18.6. The fourth-order valence-corrected chi connectivity index (χ4v) is 4.49. The van der Waals surface area contributed by atoms with Gasteiger partial charge in [-0.2, -0.15) is 0 Å². The van der Waals surface area contributed by atoms with Crippen LogP contribution in [0.2, 0.25) is 0 Å². The molecule has 2 heterocycles. The zero-order chi connectivity index (χ0) is 22.6. The molecule has 33 heavy (non-hydrogen) atoms. The Hall–Kier alpha value is -3.93. The second-order valence-electron chi connectivity index (χ2n) is 8.31. The minimum Gasteiger partial charge on any atom is -0.399 e. The maximum Gasteiger partial charge on any atom is 0.254 e. The minimum atomic E-state index is 0.0190. The molecule has 3 aromatic carbocycles. The summed E-state index contributed by atoms with van der Waals surface area (Å²) in [6, 6.07) is 26.1. The molecule has 0 bridgehead atoms. The first-order chi connectivity index (χ1) is 16.2. The number of imidazole rings is 1. The first-order valence-electron chi connectivity index (χ1n) is 11.2. The number of aromatic amines is 1. The molecule has 1 aliphatic rings. The summed E-state index contributed by atoms with van der Waals surface area (Å²) in [7, 11) is 1.54. The van der Waals surface area contributed by atoms with Gasteiger partial charge in [0.05, 0.1) is 23.3 Å². The number of benzene rings is 3. The number of carbonyl (C=O) groups excluding carboxylic acids is 1. The average Bonchev–Trinajstić information content (AvgIpc) is 3.47.